The molecule has 6 heteroatoms. The maximum atomic E-state index is 13.3. The standard InChI is InChI=1S/C23H27FN2O3/c1-28-21-11-17-9-10-26(14-15-3-7-18(24)8-4-15)20(19(17)12-22(21)29-2)13-25-23(27)16-5-6-16/h3-4,7-8,11-12,16,20H,5-6,9-10,13-14H2,1-2H3,(H,25,27)/t20-/m1/s1. The number of methoxy groups -OCH3 is 2. The third kappa shape index (κ3) is 4.37. The second-order valence-electron chi connectivity index (χ2n) is 7.79. The number of halogens is 1. The lowest BCUT2D eigenvalue weighted by Gasteiger charge is -2.38. The molecule has 2 aliphatic rings. The van der Waals surface area contributed by atoms with Gasteiger partial charge in [0.05, 0.1) is 20.3 Å². The molecule has 29 heavy (non-hydrogen) atoms. The summed E-state index contributed by atoms with van der Waals surface area (Å²) >= 11 is 0. The van der Waals surface area contributed by atoms with Gasteiger partial charge >= 0.3 is 0 Å². The number of carbonyl (C=O) groups is 1. The van der Waals surface area contributed by atoms with Crippen LogP contribution in [0.5, 0.6) is 11.5 Å². The highest BCUT2D eigenvalue weighted by Crippen LogP contribution is 2.38. The van der Waals surface area contributed by atoms with Gasteiger partial charge in [0.15, 0.2) is 11.5 Å². The number of ether oxygens (including phenoxy) is 2. The van der Waals surface area contributed by atoms with Crippen molar-refractivity contribution >= 4 is 5.91 Å². The molecule has 0 aromatic heterocycles. The van der Waals surface area contributed by atoms with Crippen LogP contribution >= 0.6 is 0 Å². The van der Waals surface area contributed by atoms with E-state index < -0.39 is 0 Å². The molecule has 0 saturated heterocycles. The molecule has 1 N–H and O–H groups in total. The van der Waals surface area contributed by atoms with Gasteiger partial charge in [-0.3, -0.25) is 9.69 Å². The highest BCUT2D eigenvalue weighted by atomic mass is 19.1. The van der Waals surface area contributed by atoms with Crippen molar-refractivity contribution in [3.05, 3.63) is 58.9 Å². The normalized spacial score (nSPS) is 18.8. The quantitative estimate of drug-likeness (QED) is 0.776. The lowest BCUT2D eigenvalue weighted by atomic mass is 9.91. The molecule has 4 rings (SSSR count). The molecule has 1 atom stereocenters. The van der Waals surface area contributed by atoms with E-state index in [2.05, 4.69) is 10.2 Å². The average Bonchev–Trinajstić information content (AvgIpc) is 3.58. The van der Waals surface area contributed by atoms with Gasteiger partial charge in [-0.1, -0.05) is 12.1 Å². The molecule has 0 bridgehead atoms. The first-order chi connectivity index (χ1) is 14.1. The minimum atomic E-state index is -0.234. The van der Waals surface area contributed by atoms with Crippen LogP contribution in [-0.2, 0) is 17.8 Å². The summed E-state index contributed by atoms with van der Waals surface area (Å²) in [5, 5.41) is 3.13. The first kappa shape index (κ1) is 19.7. The van der Waals surface area contributed by atoms with Crippen LogP contribution in [0.2, 0.25) is 0 Å². The molecule has 0 spiro atoms. The van der Waals surface area contributed by atoms with E-state index in [1.54, 1.807) is 14.2 Å². The minimum absolute atomic E-state index is 0.0197. The molecule has 0 unspecified atom stereocenters. The van der Waals surface area contributed by atoms with E-state index in [4.69, 9.17) is 9.47 Å². The van der Waals surface area contributed by atoms with Crippen LogP contribution in [0.15, 0.2) is 36.4 Å². The smallest absolute Gasteiger partial charge is 0.223 e. The average molecular weight is 398 g/mol. The van der Waals surface area contributed by atoms with E-state index in [-0.39, 0.29) is 23.7 Å². The molecule has 1 amide bonds. The van der Waals surface area contributed by atoms with E-state index in [1.807, 2.05) is 24.3 Å². The number of amides is 1. The predicted molar refractivity (Wildman–Crippen MR) is 109 cm³/mol. The molecular weight excluding hydrogens is 371 g/mol. The molecule has 154 valence electrons. The predicted octanol–water partition coefficient (Wildman–Crippen LogP) is 3.47. The Balaban J connectivity index is 1.61. The summed E-state index contributed by atoms with van der Waals surface area (Å²) in [5.74, 6) is 1.49. The van der Waals surface area contributed by atoms with Gasteiger partial charge in [-0.25, -0.2) is 4.39 Å². The van der Waals surface area contributed by atoms with Gasteiger partial charge in [-0.05, 0) is 60.2 Å². The van der Waals surface area contributed by atoms with Crippen molar-refractivity contribution in [2.45, 2.75) is 31.8 Å². The van der Waals surface area contributed by atoms with Crippen molar-refractivity contribution in [2.24, 2.45) is 5.92 Å². The van der Waals surface area contributed by atoms with Gasteiger partial charge in [0, 0.05) is 25.6 Å². The number of rotatable bonds is 7. The minimum Gasteiger partial charge on any atom is -0.493 e. The monoisotopic (exact) mass is 398 g/mol. The number of hydrogen-bond donors (Lipinski definition) is 1. The summed E-state index contributed by atoms with van der Waals surface area (Å²) in [6.07, 6.45) is 2.85. The molecule has 2 aromatic rings. The van der Waals surface area contributed by atoms with E-state index in [1.165, 1.54) is 17.7 Å². The Labute approximate surface area is 170 Å². The van der Waals surface area contributed by atoms with E-state index in [9.17, 15) is 9.18 Å². The fraction of sp³-hybridized carbons (Fsp3) is 0.435. The van der Waals surface area contributed by atoms with Crippen molar-refractivity contribution in [3.8, 4) is 11.5 Å². The van der Waals surface area contributed by atoms with Crippen molar-refractivity contribution in [1.82, 2.24) is 10.2 Å². The molecule has 1 aliphatic carbocycles. The fourth-order valence-electron chi connectivity index (χ4n) is 4.02. The number of nitrogens with one attached hydrogen (secondary N) is 1. The van der Waals surface area contributed by atoms with Crippen molar-refractivity contribution < 1.29 is 18.7 Å². The molecule has 1 fully saturated rings. The summed E-state index contributed by atoms with van der Waals surface area (Å²) in [6, 6.07) is 10.7. The zero-order valence-electron chi connectivity index (χ0n) is 16.9. The highest BCUT2D eigenvalue weighted by molar-refractivity contribution is 5.80. The van der Waals surface area contributed by atoms with Crippen LogP contribution in [0.3, 0.4) is 0 Å². The fourth-order valence-corrected chi connectivity index (χ4v) is 4.02. The summed E-state index contributed by atoms with van der Waals surface area (Å²) in [6.45, 7) is 2.08. The number of nitrogens with zero attached hydrogens (tertiary/aromatic N) is 1. The third-order valence-corrected chi connectivity index (χ3v) is 5.83. The maximum absolute atomic E-state index is 13.3. The van der Waals surface area contributed by atoms with Gasteiger partial charge in [0.1, 0.15) is 5.82 Å². The van der Waals surface area contributed by atoms with E-state index in [0.717, 1.165) is 42.7 Å². The Morgan fingerprint density at radius 2 is 1.83 bits per heavy atom. The third-order valence-electron chi connectivity index (χ3n) is 5.83. The number of benzene rings is 2. The topological polar surface area (TPSA) is 50.8 Å². The molecule has 2 aromatic carbocycles. The first-order valence-corrected chi connectivity index (χ1v) is 10.1. The van der Waals surface area contributed by atoms with Crippen LogP contribution in [0.25, 0.3) is 0 Å². The largest absolute Gasteiger partial charge is 0.493 e. The van der Waals surface area contributed by atoms with E-state index in [0.29, 0.717) is 18.8 Å². The van der Waals surface area contributed by atoms with Crippen LogP contribution in [0.4, 0.5) is 4.39 Å². The van der Waals surface area contributed by atoms with Gasteiger partial charge in [0.25, 0.3) is 0 Å². The maximum Gasteiger partial charge on any atom is 0.223 e. The zero-order valence-corrected chi connectivity index (χ0v) is 16.9. The molecular formula is C23H27FN2O3. The second-order valence-corrected chi connectivity index (χ2v) is 7.79. The number of carbonyl (C=O) groups excluding carboxylic acids is 1. The number of fused-ring (bicyclic) bond motifs is 1. The molecule has 1 aliphatic heterocycles. The number of hydrogen-bond acceptors (Lipinski definition) is 4. The summed E-state index contributed by atoms with van der Waals surface area (Å²) < 4.78 is 24.3. The second kappa shape index (κ2) is 8.41. The van der Waals surface area contributed by atoms with Crippen LogP contribution in [0, 0.1) is 11.7 Å². The summed E-state index contributed by atoms with van der Waals surface area (Å²) in [4.78, 5) is 14.6. The van der Waals surface area contributed by atoms with Crippen molar-refractivity contribution in [3.63, 3.8) is 0 Å². The Hall–Kier alpha value is -2.60. The summed E-state index contributed by atoms with van der Waals surface area (Å²) in [7, 11) is 3.27. The Kier molecular flexibility index (Phi) is 5.72. The Morgan fingerprint density at radius 1 is 1.14 bits per heavy atom. The van der Waals surface area contributed by atoms with Crippen molar-refractivity contribution in [2.75, 3.05) is 27.3 Å². The van der Waals surface area contributed by atoms with Gasteiger partial charge in [0.2, 0.25) is 5.91 Å². The molecule has 1 heterocycles. The Bertz CT molecular complexity index is 880. The lowest BCUT2D eigenvalue weighted by molar-refractivity contribution is -0.122. The van der Waals surface area contributed by atoms with E-state index >= 15 is 0 Å². The SMILES string of the molecule is COc1cc2c(cc1OC)[C@@H](CNC(=O)C1CC1)N(Cc1ccc(F)cc1)CC2. The molecule has 5 nitrogen and oxygen atoms in total. The molecule has 1 saturated carbocycles. The zero-order chi connectivity index (χ0) is 20.4. The molecule has 0 radical (unpaired) electrons. The van der Waals surface area contributed by atoms with Crippen LogP contribution < -0.4 is 14.8 Å². The highest BCUT2D eigenvalue weighted by Gasteiger charge is 2.33. The van der Waals surface area contributed by atoms with Crippen molar-refractivity contribution in [1.29, 1.82) is 0 Å². The van der Waals surface area contributed by atoms with Crippen LogP contribution in [-0.4, -0.2) is 38.1 Å². The summed E-state index contributed by atoms with van der Waals surface area (Å²) in [5.41, 5.74) is 3.41. The first-order valence-electron chi connectivity index (χ1n) is 10.1. The lowest BCUT2D eigenvalue weighted by Crippen LogP contribution is -2.42. The van der Waals surface area contributed by atoms with Gasteiger partial charge in [-0.15, -0.1) is 0 Å². The van der Waals surface area contributed by atoms with Crippen LogP contribution in [0.1, 0.15) is 35.6 Å². The Morgan fingerprint density at radius 3 is 2.48 bits per heavy atom. The van der Waals surface area contributed by atoms with Gasteiger partial charge < -0.3 is 14.8 Å². The van der Waals surface area contributed by atoms with Gasteiger partial charge in [-0.2, -0.15) is 0 Å².